The number of benzene rings is 2. The first kappa shape index (κ1) is 21.3. The van der Waals surface area contributed by atoms with Gasteiger partial charge in [0.1, 0.15) is 11.6 Å². The molecule has 4 aromatic rings. The molecule has 0 atom stereocenters. The highest BCUT2D eigenvalue weighted by Gasteiger charge is 2.15. The third kappa shape index (κ3) is 4.54. The third-order valence-electron chi connectivity index (χ3n) is 4.59. The second-order valence-electron chi connectivity index (χ2n) is 6.90. The fourth-order valence-corrected chi connectivity index (χ4v) is 3.80. The number of aromatic nitrogens is 4. The summed E-state index contributed by atoms with van der Waals surface area (Å²) in [5.41, 5.74) is 1.93. The van der Waals surface area contributed by atoms with Gasteiger partial charge in [-0.2, -0.15) is 0 Å². The number of ether oxygens (including phenoxy) is 1. The maximum atomic E-state index is 12.7. The number of amides is 1. The fraction of sp³-hybridized carbons (Fsp3) is 0.136. The Balaban J connectivity index is 1.52. The van der Waals surface area contributed by atoms with Crippen molar-refractivity contribution in [2.75, 3.05) is 12.4 Å². The molecule has 0 saturated heterocycles. The summed E-state index contributed by atoms with van der Waals surface area (Å²) in [5.74, 6) is -0.894. The van der Waals surface area contributed by atoms with Gasteiger partial charge in [-0.1, -0.05) is 29.5 Å². The number of carbonyl (C=O) groups excluding carboxylic acids is 2. The van der Waals surface area contributed by atoms with Crippen LogP contribution in [-0.2, 0) is 16.1 Å². The molecule has 0 spiro atoms. The molecule has 10 heteroatoms. The molecule has 0 fully saturated rings. The topological polar surface area (TPSA) is 108 Å². The molecule has 4 rings (SSSR count). The van der Waals surface area contributed by atoms with Crippen LogP contribution in [0.25, 0.3) is 5.65 Å². The molecule has 0 bridgehead atoms. The highest BCUT2D eigenvalue weighted by Crippen LogP contribution is 2.28. The number of nitrogens with zero attached hydrogens (tertiary/aromatic N) is 4. The van der Waals surface area contributed by atoms with Crippen molar-refractivity contribution < 1.29 is 14.3 Å². The predicted octanol–water partition coefficient (Wildman–Crippen LogP) is 2.78. The van der Waals surface area contributed by atoms with E-state index in [0.717, 1.165) is 15.1 Å². The van der Waals surface area contributed by atoms with Gasteiger partial charge in [0.05, 0.1) is 12.7 Å². The Morgan fingerprint density at radius 1 is 1.09 bits per heavy atom. The standard InChI is InChI=1S/C22H19N5O4S/c1-14-3-9-17(10-4-14)32-20-19-25-27(22(30)26(19)12-11-23-20)13-18(28)24-16-7-5-15(6-8-16)21(29)31-2/h3-12H,13H2,1-2H3,(H,24,28). The summed E-state index contributed by atoms with van der Waals surface area (Å²) in [4.78, 5) is 42.0. The number of esters is 1. The summed E-state index contributed by atoms with van der Waals surface area (Å²) < 4.78 is 7.10. The van der Waals surface area contributed by atoms with Crippen LogP contribution in [0, 0.1) is 6.92 Å². The lowest BCUT2D eigenvalue weighted by atomic mass is 10.2. The van der Waals surface area contributed by atoms with Gasteiger partial charge < -0.3 is 10.1 Å². The van der Waals surface area contributed by atoms with Crippen molar-refractivity contribution in [1.82, 2.24) is 19.2 Å². The number of methoxy groups -OCH3 is 1. The Bertz CT molecular complexity index is 1340. The van der Waals surface area contributed by atoms with Gasteiger partial charge in [0.15, 0.2) is 5.65 Å². The van der Waals surface area contributed by atoms with Crippen molar-refractivity contribution in [3.63, 3.8) is 0 Å². The molecule has 32 heavy (non-hydrogen) atoms. The smallest absolute Gasteiger partial charge is 0.350 e. The summed E-state index contributed by atoms with van der Waals surface area (Å²) >= 11 is 1.39. The van der Waals surface area contributed by atoms with Crippen LogP contribution in [0.5, 0.6) is 0 Å². The van der Waals surface area contributed by atoms with Crippen LogP contribution in [0.4, 0.5) is 5.69 Å². The summed E-state index contributed by atoms with van der Waals surface area (Å²) in [5, 5.41) is 7.56. The number of nitrogens with one attached hydrogen (secondary N) is 1. The van der Waals surface area contributed by atoms with E-state index in [9.17, 15) is 14.4 Å². The van der Waals surface area contributed by atoms with Crippen molar-refractivity contribution in [2.45, 2.75) is 23.4 Å². The second kappa shape index (κ2) is 9.06. The van der Waals surface area contributed by atoms with E-state index in [2.05, 4.69) is 20.1 Å². The normalized spacial score (nSPS) is 10.8. The van der Waals surface area contributed by atoms with Gasteiger partial charge in [-0.15, -0.1) is 5.10 Å². The molecule has 1 N–H and O–H groups in total. The molecule has 2 aromatic heterocycles. The van der Waals surface area contributed by atoms with Gasteiger partial charge in [-0.05, 0) is 43.3 Å². The Kier molecular flexibility index (Phi) is 6.04. The first-order valence-electron chi connectivity index (χ1n) is 9.61. The highest BCUT2D eigenvalue weighted by atomic mass is 32.2. The maximum absolute atomic E-state index is 12.7. The molecule has 1 amide bonds. The number of anilines is 1. The van der Waals surface area contributed by atoms with Gasteiger partial charge in [0.25, 0.3) is 0 Å². The van der Waals surface area contributed by atoms with Crippen LogP contribution in [0.2, 0.25) is 0 Å². The summed E-state index contributed by atoms with van der Waals surface area (Å²) in [7, 11) is 1.30. The van der Waals surface area contributed by atoms with Crippen molar-refractivity contribution in [3.05, 3.63) is 82.5 Å². The predicted molar refractivity (Wildman–Crippen MR) is 119 cm³/mol. The average Bonchev–Trinajstić information content (AvgIpc) is 3.11. The number of fused-ring (bicyclic) bond motifs is 1. The minimum atomic E-state index is -0.466. The zero-order chi connectivity index (χ0) is 22.7. The molecular formula is C22H19N5O4S. The zero-order valence-corrected chi connectivity index (χ0v) is 18.1. The van der Waals surface area contributed by atoms with E-state index in [1.165, 1.54) is 35.7 Å². The lowest BCUT2D eigenvalue weighted by Gasteiger charge is -2.05. The van der Waals surface area contributed by atoms with E-state index in [0.29, 0.717) is 21.9 Å². The number of carbonyl (C=O) groups is 2. The van der Waals surface area contributed by atoms with E-state index >= 15 is 0 Å². The lowest BCUT2D eigenvalue weighted by molar-refractivity contribution is -0.117. The van der Waals surface area contributed by atoms with E-state index in [-0.39, 0.29) is 6.54 Å². The second-order valence-corrected chi connectivity index (χ2v) is 7.96. The lowest BCUT2D eigenvalue weighted by Crippen LogP contribution is -2.28. The first-order chi connectivity index (χ1) is 15.4. The highest BCUT2D eigenvalue weighted by molar-refractivity contribution is 7.99. The van der Waals surface area contributed by atoms with Gasteiger partial charge in [0, 0.05) is 23.0 Å². The number of aryl methyl sites for hydroxylation is 1. The summed E-state index contributed by atoms with van der Waals surface area (Å²) in [6.07, 6.45) is 3.05. The number of rotatable bonds is 6. The molecule has 0 saturated carbocycles. The maximum Gasteiger partial charge on any atom is 0.350 e. The van der Waals surface area contributed by atoms with Crippen LogP contribution in [0.15, 0.2) is 75.6 Å². The van der Waals surface area contributed by atoms with Crippen molar-refractivity contribution >= 4 is 35.0 Å². The average molecular weight is 449 g/mol. The molecule has 0 aliphatic carbocycles. The Labute approximate surface area is 187 Å². The zero-order valence-electron chi connectivity index (χ0n) is 17.3. The summed E-state index contributed by atoms with van der Waals surface area (Å²) in [6, 6.07) is 14.2. The van der Waals surface area contributed by atoms with E-state index in [1.54, 1.807) is 24.3 Å². The van der Waals surface area contributed by atoms with Gasteiger partial charge in [-0.3, -0.25) is 4.79 Å². The quantitative estimate of drug-likeness (QED) is 0.451. The van der Waals surface area contributed by atoms with Gasteiger partial charge >= 0.3 is 11.7 Å². The van der Waals surface area contributed by atoms with Crippen LogP contribution < -0.4 is 11.0 Å². The van der Waals surface area contributed by atoms with Crippen molar-refractivity contribution in [3.8, 4) is 0 Å². The molecule has 0 aliphatic heterocycles. The molecule has 0 unspecified atom stereocenters. The molecule has 9 nitrogen and oxygen atoms in total. The first-order valence-corrected chi connectivity index (χ1v) is 10.4. The minimum Gasteiger partial charge on any atom is -0.465 e. The third-order valence-corrected chi connectivity index (χ3v) is 5.58. The summed E-state index contributed by atoms with van der Waals surface area (Å²) in [6.45, 7) is 1.74. The molecule has 2 heterocycles. The minimum absolute atomic E-state index is 0.270. The largest absolute Gasteiger partial charge is 0.465 e. The van der Waals surface area contributed by atoms with Gasteiger partial charge in [-0.25, -0.2) is 23.7 Å². The van der Waals surface area contributed by atoms with Gasteiger partial charge in [0.2, 0.25) is 5.91 Å². The van der Waals surface area contributed by atoms with Crippen LogP contribution >= 0.6 is 11.8 Å². The molecular weight excluding hydrogens is 430 g/mol. The van der Waals surface area contributed by atoms with Crippen molar-refractivity contribution in [2.24, 2.45) is 0 Å². The van der Waals surface area contributed by atoms with E-state index in [1.807, 2.05) is 31.2 Å². The molecule has 0 radical (unpaired) electrons. The van der Waals surface area contributed by atoms with Crippen LogP contribution in [-0.4, -0.2) is 38.2 Å². The van der Waals surface area contributed by atoms with Crippen molar-refractivity contribution in [1.29, 1.82) is 0 Å². The molecule has 162 valence electrons. The Morgan fingerprint density at radius 3 is 2.50 bits per heavy atom. The molecule has 0 aliphatic rings. The Morgan fingerprint density at radius 2 is 1.81 bits per heavy atom. The SMILES string of the molecule is COC(=O)c1ccc(NC(=O)Cn2nc3c(Sc4ccc(C)cc4)nccn3c2=O)cc1. The fourth-order valence-electron chi connectivity index (χ4n) is 2.96. The van der Waals surface area contributed by atoms with E-state index in [4.69, 9.17) is 0 Å². The number of hydrogen-bond acceptors (Lipinski definition) is 7. The van der Waals surface area contributed by atoms with Crippen LogP contribution in [0.3, 0.4) is 0 Å². The molecule has 2 aromatic carbocycles. The van der Waals surface area contributed by atoms with E-state index < -0.39 is 17.6 Å². The Hall–Kier alpha value is -3.92. The monoisotopic (exact) mass is 449 g/mol. The number of hydrogen-bond donors (Lipinski definition) is 1. The van der Waals surface area contributed by atoms with Crippen LogP contribution in [0.1, 0.15) is 15.9 Å².